The summed E-state index contributed by atoms with van der Waals surface area (Å²) < 4.78 is 0. The molecule has 2 fully saturated rings. The van der Waals surface area contributed by atoms with Crippen LogP contribution < -0.4 is 26.6 Å². The highest BCUT2D eigenvalue weighted by Crippen LogP contribution is 2.28. The first-order valence-corrected chi connectivity index (χ1v) is 24.9. The van der Waals surface area contributed by atoms with Crippen molar-refractivity contribution in [2.45, 2.75) is 82.3 Å². The maximum Gasteiger partial charge on any atom is 0.326 e. The molecule has 1 saturated heterocycles. The van der Waals surface area contributed by atoms with Gasteiger partial charge in [-0.05, 0) is 73.6 Å². The van der Waals surface area contributed by atoms with Crippen LogP contribution in [0.4, 0.5) is 4.79 Å². The summed E-state index contributed by atoms with van der Waals surface area (Å²) in [6, 6.07) is 8.56. The number of carbonyl (C=O) groups is 10. The van der Waals surface area contributed by atoms with E-state index in [0.717, 1.165) is 16.3 Å². The number of nitrogens with one attached hydrogen (secondary N) is 5. The second-order valence-electron chi connectivity index (χ2n) is 18.9. The third kappa shape index (κ3) is 22.4. The summed E-state index contributed by atoms with van der Waals surface area (Å²) in [6.45, 7) is 1.14. The van der Waals surface area contributed by atoms with Gasteiger partial charge >= 0.3 is 41.8 Å². The van der Waals surface area contributed by atoms with Crippen molar-refractivity contribution in [2.24, 2.45) is 11.8 Å². The molecule has 2 aromatic rings. The molecular weight excluding hydrogens is 971 g/mol. The number of hydrogen-bond donors (Lipinski definition) is 11. The Morgan fingerprint density at radius 3 is 1.53 bits per heavy atom. The van der Waals surface area contributed by atoms with Gasteiger partial charge in [0.1, 0.15) is 18.1 Å². The van der Waals surface area contributed by atoms with Gasteiger partial charge in [0.25, 0.3) is 0 Å². The van der Waals surface area contributed by atoms with Gasteiger partial charge in [-0.3, -0.25) is 53.2 Å². The number of rotatable bonds is 27. The van der Waals surface area contributed by atoms with Crippen LogP contribution in [0.1, 0.15) is 63.4 Å². The zero-order valence-corrected chi connectivity index (χ0v) is 41.5. The molecule has 1 aliphatic heterocycles. The summed E-state index contributed by atoms with van der Waals surface area (Å²) in [5, 5.41) is 71.4. The second kappa shape index (κ2) is 30.9. The number of benzene rings is 2. The summed E-state index contributed by atoms with van der Waals surface area (Å²) in [4.78, 5) is 129. The zero-order valence-electron chi connectivity index (χ0n) is 41.5. The van der Waals surface area contributed by atoms with E-state index in [2.05, 4.69) is 26.6 Å². The molecule has 25 heteroatoms. The van der Waals surface area contributed by atoms with Crippen LogP contribution in [-0.2, 0) is 49.6 Å². The molecule has 5 amide bonds. The van der Waals surface area contributed by atoms with E-state index in [1.54, 1.807) is 19.6 Å². The van der Waals surface area contributed by atoms with Gasteiger partial charge in [-0.15, -0.1) is 0 Å². The van der Waals surface area contributed by atoms with Gasteiger partial charge in [-0.2, -0.15) is 0 Å². The van der Waals surface area contributed by atoms with E-state index in [1.807, 2.05) is 42.5 Å². The molecule has 11 N–H and O–H groups in total. The Morgan fingerprint density at radius 1 is 0.527 bits per heavy atom. The molecule has 2 aromatic carbocycles. The maximum absolute atomic E-state index is 14.0. The molecule has 2 aliphatic rings. The maximum atomic E-state index is 14.0. The molecule has 3 atom stereocenters. The molecule has 74 heavy (non-hydrogen) atoms. The van der Waals surface area contributed by atoms with Gasteiger partial charge in [0.2, 0.25) is 17.7 Å². The molecule has 1 saturated carbocycles. The van der Waals surface area contributed by atoms with Gasteiger partial charge in [-0.1, -0.05) is 42.5 Å². The average molecular weight is 1040 g/mol. The Morgan fingerprint density at radius 2 is 1.03 bits per heavy atom. The highest BCUT2D eigenvalue weighted by atomic mass is 16.4. The van der Waals surface area contributed by atoms with Gasteiger partial charge in [0, 0.05) is 84.2 Å². The quantitative estimate of drug-likeness (QED) is 0.0508. The molecule has 0 unspecified atom stereocenters. The highest BCUT2D eigenvalue weighted by molar-refractivity contribution is 5.89. The van der Waals surface area contributed by atoms with Gasteiger partial charge in [-0.25, -0.2) is 14.4 Å². The summed E-state index contributed by atoms with van der Waals surface area (Å²) in [6.07, 6.45) is 2.29. The SMILES string of the molecule is O=C(O)CC[C@H](NC(=O)N[C@@H](CCCCNC(=O)C1CCC(CNC(=O)[C@H](Cc2ccc3ccccc3c2)NC(=O)CN2CCN(CC(=O)O)CCN(CC(=O)O)CCN(CC(=O)O)CC2)CC1)C(=O)O)C(=O)O. The fourth-order valence-electron chi connectivity index (χ4n) is 9.01. The van der Waals surface area contributed by atoms with Crippen molar-refractivity contribution in [2.75, 3.05) is 91.6 Å². The lowest BCUT2D eigenvalue weighted by Crippen LogP contribution is -2.53. The lowest BCUT2D eigenvalue weighted by Gasteiger charge is -2.33. The van der Waals surface area contributed by atoms with Crippen molar-refractivity contribution in [3.05, 3.63) is 48.0 Å². The Kier molecular flexibility index (Phi) is 24.9. The molecule has 408 valence electrons. The molecule has 4 rings (SSSR count). The fraction of sp³-hybridized carbons (Fsp3) is 0.592. The molecule has 0 spiro atoms. The lowest BCUT2D eigenvalue weighted by atomic mass is 9.81. The van der Waals surface area contributed by atoms with E-state index in [9.17, 15) is 73.5 Å². The smallest absolute Gasteiger partial charge is 0.326 e. The Bertz CT molecular complexity index is 2230. The van der Waals surface area contributed by atoms with E-state index in [-0.39, 0.29) is 116 Å². The van der Waals surface area contributed by atoms with E-state index in [0.29, 0.717) is 45.1 Å². The first kappa shape index (κ1) is 59.6. The van der Waals surface area contributed by atoms with Crippen LogP contribution in [0.3, 0.4) is 0 Å². The van der Waals surface area contributed by atoms with Crippen molar-refractivity contribution in [3.63, 3.8) is 0 Å². The number of hydrogen-bond acceptors (Lipinski definition) is 14. The van der Waals surface area contributed by atoms with E-state index in [4.69, 9.17) is 5.11 Å². The number of fused-ring (bicyclic) bond motifs is 1. The number of aliphatic carboxylic acids is 6. The molecule has 0 bridgehead atoms. The normalized spacial score (nSPS) is 18.8. The molecule has 0 radical (unpaired) electrons. The number of carbonyl (C=O) groups excluding carboxylic acids is 4. The minimum Gasteiger partial charge on any atom is -0.481 e. The molecular formula is C49H71N9O16. The number of urea groups is 1. The van der Waals surface area contributed by atoms with Crippen LogP contribution in [0.2, 0.25) is 0 Å². The predicted molar refractivity (Wildman–Crippen MR) is 265 cm³/mol. The van der Waals surface area contributed by atoms with Crippen LogP contribution >= 0.6 is 0 Å². The summed E-state index contributed by atoms with van der Waals surface area (Å²) in [7, 11) is 0. The zero-order chi connectivity index (χ0) is 54.2. The van der Waals surface area contributed by atoms with Crippen LogP contribution in [0.25, 0.3) is 10.8 Å². The van der Waals surface area contributed by atoms with E-state index in [1.165, 1.54) is 0 Å². The number of nitrogens with zero attached hydrogens (tertiary/aromatic N) is 4. The van der Waals surface area contributed by atoms with E-state index < -0.39 is 84.6 Å². The van der Waals surface area contributed by atoms with Gasteiger partial charge in [0.15, 0.2) is 0 Å². The van der Waals surface area contributed by atoms with Gasteiger partial charge < -0.3 is 57.2 Å². The van der Waals surface area contributed by atoms with Gasteiger partial charge in [0.05, 0.1) is 26.2 Å². The van der Waals surface area contributed by atoms with Crippen molar-refractivity contribution >= 4 is 70.3 Å². The topological polar surface area (TPSA) is 365 Å². The molecule has 25 nitrogen and oxygen atoms in total. The first-order valence-electron chi connectivity index (χ1n) is 24.9. The monoisotopic (exact) mass is 1040 g/mol. The summed E-state index contributed by atoms with van der Waals surface area (Å²) in [5.41, 5.74) is 0.802. The largest absolute Gasteiger partial charge is 0.481 e. The van der Waals surface area contributed by atoms with Crippen molar-refractivity contribution < 1.29 is 78.6 Å². The third-order valence-electron chi connectivity index (χ3n) is 13.1. The number of amides is 5. The van der Waals surface area contributed by atoms with Crippen molar-refractivity contribution in [3.8, 4) is 0 Å². The third-order valence-corrected chi connectivity index (χ3v) is 13.1. The molecule has 0 aromatic heterocycles. The molecule has 1 heterocycles. The predicted octanol–water partition coefficient (Wildman–Crippen LogP) is -0.378. The Balaban J connectivity index is 1.31. The number of carboxylic acids is 6. The lowest BCUT2D eigenvalue weighted by molar-refractivity contribution is -0.141. The Labute approximate surface area is 428 Å². The van der Waals surface area contributed by atoms with Crippen molar-refractivity contribution in [1.29, 1.82) is 0 Å². The van der Waals surface area contributed by atoms with E-state index >= 15 is 0 Å². The van der Waals surface area contributed by atoms with Crippen LogP contribution in [0.5, 0.6) is 0 Å². The summed E-state index contributed by atoms with van der Waals surface area (Å²) >= 11 is 0. The standard InChI is InChI=1S/C49H71N9O16/c59-40(28-55-17-19-56(29-42(62)63)21-23-58(31-44(66)67)24-22-57(20-18-55)30-43(64)65)52-39(26-33-10-11-34-5-1-2-6-36(34)25-33)46(69)51-27-32-8-12-35(13-9-32)45(68)50-16-4-3-7-37(47(70)71)53-49(74)54-38(48(72)73)14-15-41(60)61/h1-2,5-6,10-11,25,32,35,37-39H,3-4,7-9,12-24,26-31H2,(H,50,68)(H,51,69)(H,52,59)(H,60,61)(H,62,63)(H,64,65)(H,66,67)(H,70,71)(H,72,73)(H2,53,54,74)/t32?,35?,37-,38-,39-/m0/s1. The van der Waals surface area contributed by atoms with Crippen molar-refractivity contribution in [1.82, 2.24) is 46.2 Å². The first-order chi connectivity index (χ1) is 35.2. The fourth-order valence-corrected chi connectivity index (χ4v) is 9.01. The Hall–Kier alpha value is -6.96. The second-order valence-corrected chi connectivity index (χ2v) is 18.9. The molecule has 1 aliphatic carbocycles. The summed E-state index contributed by atoms with van der Waals surface area (Å²) in [5.74, 6) is -8.59. The number of carboxylic acid groups (broad SMARTS) is 6. The minimum absolute atomic E-state index is 0.0172. The number of unbranched alkanes of at least 4 members (excludes halogenated alkanes) is 1. The van der Waals surface area contributed by atoms with Crippen LogP contribution in [0.15, 0.2) is 42.5 Å². The van der Waals surface area contributed by atoms with Crippen LogP contribution in [0, 0.1) is 11.8 Å². The average Bonchev–Trinajstić information content (AvgIpc) is 3.33. The van der Waals surface area contributed by atoms with Crippen LogP contribution in [-0.4, -0.2) is 220 Å². The highest BCUT2D eigenvalue weighted by Gasteiger charge is 2.30. The minimum atomic E-state index is -1.53.